The summed E-state index contributed by atoms with van der Waals surface area (Å²) < 4.78 is 5.33. The summed E-state index contributed by atoms with van der Waals surface area (Å²) in [5, 5.41) is 22.9. The first kappa shape index (κ1) is 20.4. The second kappa shape index (κ2) is 8.13. The second-order valence-electron chi connectivity index (χ2n) is 8.82. The predicted molar refractivity (Wildman–Crippen MR) is 112 cm³/mol. The van der Waals surface area contributed by atoms with Crippen molar-refractivity contribution in [2.45, 2.75) is 45.3 Å². The number of nitrogens with zero attached hydrogens (tertiary/aromatic N) is 2. The second-order valence-corrected chi connectivity index (χ2v) is 9.26. The Morgan fingerprint density at radius 1 is 1.38 bits per heavy atom. The normalized spacial score (nSPS) is 22.2. The van der Waals surface area contributed by atoms with Crippen LogP contribution in [0, 0.1) is 11.3 Å². The lowest BCUT2D eigenvalue weighted by Crippen LogP contribution is -2.49. The maximum atomic E-state index is 12.5. The van der Waals surface area contributed by atoms with E-state index in [1.165, 1.54) is 0 Å². The van der Waals surface area contributed by atoms with Crippen molar-refractivity contribution in [2.75, 3.05) is 26.3 Å². The van der Waals surface area contributed by atoms with Gasteiger partial charge in [0.2, 0.25) is 0 Å². The van der Waals surface area contributed by atoms with Crippen LogP contribution in [0.2, 0.25) is 5.02 Å². The molecule has 8 heteroatoms. The molecule has 1 aromatic carbocycles. The zero-order valence-corrected chi connectivity index (χ0v) is 17.7. The molecule has 158 valence electrons. The highest BCUT2D eigenvalue weighted by Gasteiger charge is 2.40. The average molecular weight is 421 g/mol. The summed E-state index contributed by atoms with van der Waals surface area (Å²) in [7, 11) is 0. The summed E-state index contributed by atoms with van der Waals surface area (Å²) in [4.78, 5) is 14.4. The molecule has 2 fully saturated rings. The molecule has 4 rings (SSSR count). The highest BCUT2D eigenvalue weighted by Crippen LogP contribution is 2.46. The predicted octanol–water partition coefficient (Wildman–Crippen LogP) is 3.49. The van der Waals surface area contributed by atoms with Gasteiger partial charge in [0.25, 0.3) is 0 Å². The van der Waals surface area contributed by atoms with Gasteiger partial charge in [0.1, 0.15) is 0 Å². The van der Waals surface area contributed by atoms with E-state index in [4.69, 9.17) is 16.3 Å². The van der Waals surface area contributed by atoms with Gasteiger partial charge in [-0.25, -0.2) is 4.79 Å². The summed E-state index contributed by atoms with van der Waals surface area (Å²) in [5.74, 6) is 0.285. The highest BCUT2D eigenvalue weighted by molar-refractivity contribution is 6.31. The molecule has 2 aliphatic heterocycles. The van der Waals surface area contributed by atoms with Gasteiger partial charge in [-0.2, -0.15) is 5.10 Å². The third-order valence-corrected chi connectivity index (χ3v) is 6.85. The summed E-state index contributed by atoms with van der Waals surface area (Å²) in [6.45, 7) is 6.88. The average Bonchev–Trinajstić information content (AvgIpc) is 3.38. The maximum absolute atomic E-state index is 12.5. The molecule has 0 radical (unpaired) electrons. The van der Waals surface area contributed by atoms with Gasteiger partial charge >= 0.3 is 6.03 Å². The Hall–Kier alpha value is -1.83. The standard InChI is InChI=1S/C21H29ClN4O3/c1-21(2,19(27)17-10-15(22)9-13-11-23-25-18(13)17)14-3-6-26(7-4-14)20(28)24-16-5-8-29-12-16/h9-11,14,16,19,27H,3-8,12H2,1-2H3,(H,23,25)(H,24,28). The SMILES string of the molecule is CC(C)(C1CCN(C(=O)NC2CCOC2)CC1)C(O)c1cc(Cl)cc2cn[nH]c12. The number of amides is 2. The van der Waals surface area contributed by atoms with Crippen LogP contribution in [0.1, 0.15) is 44.8 Å². The number of likely N-dealkylation sites (tertiary alicyclic amines) is 1. The minimum Gasteiger partial charge on any atom is -0.388 e. The molecule has 1 aromatic heterocycles. The van der Waals surface area contributed by atoms with Crippen LogP contribution in [0.15, 0.2) is 18.3 Å². The zero-order chi connectivity index (χ0) is 20.6. The fourth-order valence-electron chi connectivity index (χ4n) is 4.63. The summed E-state index contributed by atoms with van der Waals surface area (Å²) in [6, 6.07) is 3.78. The van der Waals surface area contributed by atoms with E-state index in [2.05, 4.69) is 29.4 Å². The Labute approximate surface area is 175 Å². The Morgan fingerprint density at radius 3 is 2.83 bits per heavy atom. The van der Waals surface area contributed by atoms with E-state index in [0.29, 0.717) is 31.3 Å². The van der Waals surface area contributed by atoms with E-state index in [-0.39, 0.29) is 23.4 Å². The van der Waals surface area contributed by atoms with Gasteiger partial charge in [-0.1, -0.05) is 25.4 Å². The van der Waals surface area contributed by atoms with Gasteiger partial charge in [-0.15, -0.1) is 0 Å². The van der Waals surface area contributed by atoms with Crippen LogP contribution in [0.25, 0.3) is 10.9 Å². The number of fused-ring (bicyclic) bond motifs is 1. The Bertz CT molecular complexity index is 870. The Morgan fingerprint density at radius 2 is 2.14 bits per heavy atom. The Balaban J connectivity index is 1.42. The smallest absolute Gasteiger partial charge is 0.317 e. The van der Waals surface area contributed by atoms with Crippen molar-refractivity contribution in [1.82, 2.24) is 20.4 Å². The first-order valence-corrected chi connectivity index (χ1v) is 10.7. The lowest BCUT2D eigenvalue weighted by Gasteiger charge is -2.43. The van der Waals surface area contributed by atoms with Crippen molar-refractivity contribution in [3.8, 4) is 0 Å². The van der Waals surface area contributed by atoms with Crippen LogP contribution < -0.4 is 5.32 Å². The number of aliphatic hydroxyl groups is 1. The van der Waals surface area contributed by atoms with Crippen molar-refractivity contribution in [3.63, 3.8) is 0 Å². The van der Waals surface area contributed by atoms with E-state index < -0.39 is 6.10 Å². The molecule has 2 amide bonds. The van der Waals surface area contributed by atoms with Crippen molar-refractivity contribution in [1.29, 1.82) is 0 Å². The number of aliphatic hydroxyl groups excluding tert-OH is 1. The molecule has 0 spiro atoms. The molecule has 3 heterocycles. The van der Waals surface area contributed by atoms with Crippen molar-refractivity contribution >= 4 is 28.5 Å². The number of ether oxygens (including phenoxy) is 1. The molecule has 2 saturated heterocycles. The van der Waals surface area contributed by atoms with Gasteiger partial charge in [0.15, 0.2) is 0 Å². The highest BCUT2D eigenvalue weighted by atomic mass is 35.5. The summed E-state index contributed by atoms with van der Waals surface area (Å²) >= 11 is 6.27. The van der Waals surface area contributed by atoms with Gasteiger partial charge in [-0.05, 0) is 42.7 Å². The number of piperidine rings is 1. The Kier molecular flexibility index (Phi) is 5.73. The lowest BCUT2D eigenvalue weighted by atomic mass is 9.68. The number of aromatic nitrogens is 2. The maximum Gasteiger partial charge on any atom is 0.317 e. The van der Waals surface area contributed by atoms with E-state index in [1.807, 2.05) is 17.0 Å². The number of carbonyl (C=O) groups is 1. The van der Waals surface area contributed by atoms with Crippen LogP contribution in [-0.4, -0.2) is 58.6 Å². The number of hydrogen-bond donors (Lipinski definition) is 3. The van der Waals surface area contributed by atoms with Gasteiger partial charge in [-0.3, -0.25) is 5.10 Å². The number of carbonyl (C=O) groups excluding carboxylic acids is 1. The number of urea groups is 1. The first-order valence-electron chi connectivity index (χ1n) is 10.3. The largest absolute Gasteiger partial charge is 0.388 e. The van der Waals surface area contributed by atoms with Gasteiger partial charge in [0.05, 0.1) is 30.5 Å². The van der Waals surface area contributed by atoms with Crippen molar-refractivity contribution in [3.05, 3.63) is 28.9 Å². The molecule has 7 nitrogen and oxygen atoms in total. The first-order chi connectivity index (χ1) is 13.9. The van der Waals surface area contributed by atoms with Crippen LogP contribution in [-0.2, 0) is 4.74 Å². The van der Waals surface area contributed by atoms with E-state index in [0.717, 1.165) is 35.7 Å². The van der Waals surface area contributed by atoms with Crippen molar-refractivity contribution in [2.24, 2.45) is 11.3 Å². The number of hydrogen-bond acceptors (Lipinski definition) is 4. The van der Waals surface area contributed by atoms with Crippen LogP contribution in [0.3, 0.4) is 0 Å². The summed E-state index contributed by atoms with van der Waals surface area (Å²) in [5.41, 5.74) is 1.23. The third kappa shape index (κ3) is 4.09. The number of nitrogens with one attached hydrogen (secondary N) is 2. The number of aromatic amines is 1. The number of benzene rings is 1. The lowest BCUT2D eigenvalue weighted by molar-refractivity contribution is -0.0144. The van der Waals surface area contributed by atoms with E-state index in [9.17, 15) is 9.90 Å². The van der Waals surface area contributed by atoms with Crippen LogP contribution in [0.4, 0.5) is 4.79 Å². The molecule has 2 atom stereocenters. The van der Waals surface area contributed by atoms with Gasteiger partial charge < -0.3 is 20.1 Å². The molecule has 2 aromatic rings. The molecular formula is C21H29ClN4O3. The molecule has 2 unspecified atom stereocenters. The number of rotatable bonds is 4. The molecule has 3 N–H and O–H groups in total. The van der Waals surface area contributed by atoms with Crippen LogP contribution in [0.5, 0.6) is 0 Å². The van der Waals surface area contributed by atoms with E-state index >= 15 is 0 Å². The van der Waals surface area contributed by atoms with Crippen LogP contribution >= 0.6 is 11.6 Å². The molecular weight excluding hydrogens is 392 g/mol. The number of H-pyrrole nitrogens is 1. The minimum absolute atomic E-state index is 0.00804. The van der Waals surface area contributed by atoms with Crippen molar-refractivity contribution < 1.29 is 14.6 Å². The van der Waals surface area contributed by atoms with E-state index in [1.54, 1.807) is 6.20 Å². The third-order valence-electron chi connectivity index (χ3n) is 6.64. The fraction of sp³-hybridized carbons (Fsp3) is 0.619. The molecule has 0 aliphatic carbocycles. The van der Waals surface area contributed by atoms with Gasteiger partial charge in [0, 0.05) is 35.7 Å². The molecule has 29 heavy (non-hydrogen) atoms. The topological polar surface area (TPSA) is 90.5 Å². The summed E-state index contributed by atoms with van der Waals surface area (Å²) in [6.07, 6.45) is 3.61. The quantitative estimate of drug-likeness (QED) is 0.706. The molecule has 2 aliphatic rings. The minimum atomic E-state index is -0.690. The monoisotopic (exact) mass is 420 g/mol. The molecule has 0 bridgehead atoms. The molecule has 0 saturated carbocycles. The number of halogens is 1. The zero-order valence-electron chi connectivity index (χ0n) is 16.9. The fourth-order valence-corrected chi connectivity index (χ4v) is 4.86.